The number of H-pyrrole nitrogens is 1. The molecular weight excluding hydrogens is 408 g/mol. The molecule has 4 rings (SSSR count). The number of amides is 1. The summed E-state index contributed by atoms with van der Waals surface area (Å²) in [6.07, 6.45) is -1.15. The van der Waals surface area contributed by atoms with Crippen LogP contribution in [0.25, 0.3) is 11.0 Å². The van der Waals surface area contributed by atoms with E-state index in [9.17, 15) is 13.6 Å². The summed E-state index contributed by atoms with van der Waals surface area (Å²) in [7, 11) is 3.11. The van der Waals surface area contributed by atoms with Crippen molar-refractivity contribution in [3.8, 4) is 11.5 Å². The van der Waals surface area contributed by atoms with Gasteiger partial charge in [0.2, 0.25) is 0 Å². The number of anilines is 1. The molecule has 10 heteroatoms. The minimum Gasteiger partial charge on any atom is -0.493 e. The number of nitrogens with zero attached hydrogens (tertiary/aromatic N) is 3. The van der Waals surface area contributed by atoms with Crippen molar-refractivity contribution in [2.24, 2.45) is 0 Å². The number of hydrogen-bond acceptors (Lipinski definition) is 5. The van der Waals surface area contributed by atoms with Gasteiger partial charge in [-0.1, -0.05) is 12.1 Å². The Labute approximate surface area is 175 Å². The van der Waals surface area contributed by atoms with Gasteiger partial charge in [-0.05, 0) is 24.3 Å². The summed E-state index contributed by atoms with van der Waals surface area (Å²) in [4.78, 5) is 19.1. The Morgan fingerprint density at radius 2 is 2.03 bits per heavy atom. The lowest BCUT2D eigenvalue weighted by molar-refractivity contribution is 0.102. The summed E-state index contributed by atoms with van der Waals surface area (Å²) >= 11 is 0. The third-order valence-corrected chi connectivity index (χ3v) is 4.73. The third-order valence-electron chi connectivity index (χ3n) is 4.73. The van der Waals surface area contributed by atoms with Crippen molar-refractivity contribution in [2.45, 2.75) is 13.0 Å². The van der Waals surface area contributed by atoms with Crippen molar-refractivity contribution in [3.05, 3.63) is 65.6 Å². The third kappa shape index (κ3) is 4.04. The summed E-state index contributed by atoms with van der Waals surface area (Å²) in [5.41, 5.74) is 1.84. The molecule has 0 bridgehead atoms. The SMILES string of the molecule is COc1cccc(Cn2nccc2NC(=O)c2ccc3nc(C(F)F)[nH]c3c2)c1OC. The lowest BCUT2D eigenvalue weighted by Crippen LogP contribution is -2.16. The van der Waals surface area contributed by atoms with Gasteiger partial charge in [0.25, 0.3) is 12.3 Å². The molecule has 0 aliphatic carbocycles. The molecule has 160 valence electrons. The zero-order valence-corrected chi connectivity index (χ0v) is 16.7. The number of halogens is 2. The second-order valence-electron chi connectivity index (χ2n) is 6.64. The Morgan fingerprint density at radius 3 is 2.77 bits per heavy atom. The van der Waals surface area contributed by atoms with E-state index in [2.05, 4.69) is 20.4 Å². The highest BCUT2D eigenvalue weighted by molar-refractivity contribution is 6.05. The number of alkyl halides is 2. The molecule has 0 radical (unpaired) electrons. The first kappa shape index (κ1) is 20.3. The topological polar surface area (TPSA) is 94.1 Å². The molecule has 0 saturated heterocycles. The Bertz CT molecular complexity index is 1230. The van der Waals surface area contributed by atoms with Crippen molar-refractivity contribution in [1.82, 2.24) is 19.7 Å². The van der Waals surface area contributed by atoms with Crippen molar-refractivity contribution in [3.63, 3.8) is 0 Å². The monoisotopic (exact) mass is 427 g/mol. The van der Waals surface area contributed by atoms with Gasteiger partial charge in [0.15, 0.2) is 17.3 Å². The van der Waals surface area contributed by atoms with Gasteiger partial charge in [-0.25, -0.2) is 18.4 Å². The molecule has 0 saturated carbocycles. The Morgan fingerprint density at radius 1 is 1.19 bits per heavy atom. The molecule has 2 aromatic carbocycles. The molecule has 0 spiro atoms. The van der Waals surface area contributed by atoms with Gasteiger partial charge in [0, 0.05) is 17.2 Å². The first-order valence-corrected chi connectivity index (χ1v) is 9.31. The smallest absolute Gasteiger partial charge is 0.295 e. The fourth-order valence-electron chi connectivity index (χ4n) is 3.27. The molecule has 2 N–H and O–H groups in total. The minimum absolute atomic E-state index is 0.295. The number of methoxy groups -OCH3 is 2. The normalized spacial score (nSPS) is 11.1. The van der Waals surface area contributed by atoms with Crippen LogP contribution in [0.3, 0.4) is 0 Å². The van der Waals surface area contributed by atoms with Crippen LogP contribution in [0.15, 0.2) is 48.7 Å². The average molecular weight is 427 g/mol. The number of hydrogen-bond donors (Lipinski definition) is 2. The largest absolute Gasteiger partial charge is 0.493 e. The lowest BCUT2D eigenvalue weighted by atomic mass is 10.2. The number of imidazole rings is 1. The summed E-state index contributed by atoms with van der Waals surface area (Å²) < 4.78 is 38.1. The van der Waals surface area contributed by atoms with Crippen LogP contribution in [0.5, 0.6) is 11.5 Å². The number of aromatic nitrogens is 4. The predicted molar refractivity (Wildman–Crippen MR) is 110 cm³/mol. The predicted octanol–water partition coefficient (Wildman–Crippen LogP) is 4.01. The molecule has 0 aliphatic heterocycles. The maximum absolute atomic E-state index is 12.8. The molecular formula is C21H19F2N5O3. The van der Waals surface area contributed by atoms with Gasteiger partial charge < -0.3 is 19.8 Å². The maximum atomic E-state index is 12.8. The zero-order valence-electron chi connectivity index (χ0n) is 16.7. The van der Waals surface area contributed by atoms with Gasteiger partial charge in [-0.2, -0.15) is 5.10 Å². The highest BCUT2D eigenvalue weighted by Crippen LogP contribution is 2.31. The Balaban J connectivity index is 1.56. The van der Waals surface area contributed by atoms with Gasteiger partial charge in [0.05, 0.1) is 38.0 Å². The van der Waals surface area contributed by atoms with Gasteiger partial charge in [-0.15, -0.1) is 0 Å². The van der Waals surface area contributed by atoms with Crippen molar-refractivity contribution < 1.29 is 23.0 Å². The summed E-state index contributed by atoms with van der Waals surface area (Å²) in [5, 5.41) is 7.06. The molecule has 8 nitrogen and oxygen atoms in total. The van der Waals surface area contributed by atoms with E-state index in [4.69, 9.17) is 9.47 Å². The van der Waals surface area contributed by atoms with Crippen LogP contribution in [0, 0.1) is 0 Å². The van der Waals surface area contributed by atoms with E-state index in [1.54, 1.807) is 37.2 Å². The number of carbonyl (C=O) groups excluding carboxylic acids is 1. The maximum Gasteiger partial charge on any atom is 0.295 e. The molecule has 0 fully saturated rings. The number of nitrogens with one attached hydrogen (secondary N) is 2. The van der Waals surface area contributed by atoms with Crippen LogP contribution < -0.4 is 14.8 Å². The van der Waals surface area contributed by atoms with Crippen LogP contribution >= 0.6 is 0 Å². The molecule has 0 unspecified atom stereocenters. The number of rotatable bonds is 7. The van der Waals surface area contributed by atoms with E-state index in [0.29, 0.717) is 40.5 Å². The summed E-state index contributed by atoms with van der Waals surface area (Å²) in [6.45, 7) is 0.334. The highest BCUT2D eigenvalue weighted by Gasteiger charge is 2.16. The van der Waals surface area contributed by atoms with Crippen LogP contribution in [-0.4, -0.2) is 39.9 Å². The summed E-state index contributed by atoms with van der Waals surface area (Å²) in [5.74, 6) is 0.797. The number of fused-ring (bicyclic) bond motifs is 1. The van der Waals surface area contributed by atoms with E-state index in [0.717, 1.165) is 5.56 Å². The number of aromatic amines is 1. The average Bonchev–Trinajstić information content (AvgIpc) is 3.39. The van der Waals surface area contributed by atoms with Crippen molar-refractivity contribution in [2.75, 3.05) is 19.5 Å². The van der Waals surface area contributed by atoms with Crippen molar-refractivity contribution >= 4 is 22.8 Å². The van der Waals surface area contributed by atoms with Crippen LogP contribution in [-0.2, 0) is 6.54 Å². The van der Waals surface area contributed by atoms with Crippen LogP contribution in [0.4, 0.5) is 14.6 Å². The Hall–Kier alpha value is -3.95. The van der Waals surface area contributed by atoms with Crippen molar-refractivity contribution in [1.29, 1.82) is 0 Å². The van der Waals surface area contributed by atoms with E-state index >= 15 is 0 Å². The second-order valence-corrected chi connectivity index (χ2v) is 6.64. The molecule has 2 heterocycles. The molecule has 4 aromatic rings. The second kappa shape index (κ2) is 8.42. The minimum atomic E-state index is -2.72. The fourth-order valence-corrected chi connectivity index (χ4v) is 3.27. The zero-order chi connectivity index (χ0) is 22.0. The standard InChI is InChI=1S/C21H19F2N5O3/c1-30-16-5-3-4-13(18(16)31-2)11-28-17(8-9-24-28)27-21(29)12-6-7-14-15(10-12)26-20(25-14)19(22)23/h3-10,19H,11H2,1-2H3,(H,25,26)(H,27,29). The van der Waals surface area contributed by atoms with E-state index in [-0.39, 0.29) is 0 Å². The highest BCUT2D eigenvalue weighted by atomic mass is 19.3. The molecule has 31 heavy (non-hydrogen) atoms. The van der Waals surface area contributed by atoms with Crippen LogP contribution in [0.1, 0.15) is 28.2 Å². The van der Waals surface area contributed by atoms with Gasteiger partial charge in [-0.3, -0.25) is 4.79 Å². The lowest BCUT2D eigenvalue weighted by Gasteiger charge is -2.14. The quantitative estimate of drug-likeness (QED) is 0.465. The number of carbonyl (C=O) groups is 1. The summed E-state index contributed by atoms with van der Waals surface area (Å²) in [6, 6.07) is 11.7. The Kier molecular flexibility index (Phi) is 5.52. The van der Waals surface area contributed by atoms with E-state index < -0.39 is 18.2 Å². The molecule has 2 aromatic heterocycles. The first-order valence-electron chi connectivity index (χ1n) is 9.31. The van der Waals surface area contributed by atoms with Gasteiger partial charge in [0.1, 0.15) is 5.82 Å². The van der Waals surface area contributed by atoms with E-state index in [1.165, 1.54) is 18.2 Å². The van der Waals surface area contributed by atoms with Crippen LogP contribution in [0.2, 0.25) is 0 Å². The number of ether oxygens (including phenoxy) is 2. The molecule has 0 atom stereocenters. The molecule has 0 aliphatic rings. The molecule has 1 amide bonds. The first-order chi connectivity index (χ1) is 15.0. The number of para-hydroxylation sites is 1. The fraction of sp³-hybridized carbons (Fsp3) is 0.190. The number of benzene rings is 2. The van der Waals surface area contributed by atoms with Gasteiger partial charge >= 0.3 is 0 Å². The van der Waals surface area contributed by atoms with E-state index in [1.807, 2.05) is 12.1 Å².